The van der Waals surface area contributed by atoms with Gasteiger partial charge in [0.15, 0.2) is 17.2 Å². The minimum Gasteiger partial charge on any atom is -0.451 e. The highest BCUT2D eigenvalue weighted by Gasteiger charge is 2.69. The molecule has 0 spiro atoms. The molecule has 28 heavy (non-hydrogen) atoms. The van der Waals surface area contributed by atoms with Crippen LogP contribution in [0.2, 0.25) is 0 Å². The summed E-state index contributed by atoms with van der Waals surface area (Å²) in [4.78, 5) is 36.6. The second-order valence-corrected chi connectivity index (χ2v) is 10.1. The first-order valence-electron chi connectivity index (χ1n) is 10.7. The first-order valence-corrected chi connectivity index (χ1v) is 10.7. The number of aliphatic hydroxyl groups is 1. The zero-order chi connectivity index (χ0) is 20.5. The van der Waals surface area contributed by atoms with Crippen molar-refractivity contribution in [1.82, 2.24) is 0 Å². The van der Waals surface area contributed by atoms with Gasteiger partial charge in [0.2, 0.25) is 0 Å². The summed E-state index contributed by atoms with van der Waals surface area (Å²) in [5.41, 5.74) is -0.633. The van der Waals surface area contributed by atoms with Crippen LogP contribution >= 0.6 is 0 Å². The van der Waals surface area contributed by atoms with Gasteiger partial charge in [-0.15, -0.1) is 0 Å². The lowest BCUT2D eigenvalue weighted by molar-refractivity contribution is -0.198. The quantitative estimate of drug-likeness (QED) is 0.734. The van der Waals surface area contributed by atoms with Crippen molar-refractivity contribution < 1.29 is 24.2 Å². The Hall–Kier alpha value is -1.49. The van der Waals surface area contributed by atoms with E-state index in [-0.39, 0.29) is 34.7 Å². The molecule has 0 aliphatic heterocycles. The van der Waals surface area contributed by atoms with Crippen molar-refractivity contribution in [2.24, 2.45) is 28.6 Å². The van der Waals surface area contributed by atoms with Gasteiger partial charge in [-0.05, 0) is 74.7 Å². The molecule has 0 aromatic heterocycles. The average molecular weight is 389 g/mol. The molecule has 4 aliphatic rings. The first kappa shape index (κ1) is 19.8. The van der Waals surface area contributed by atoms with Gasteiger partial charge < -0.3 is 9.84 Å². The highest BCUT2D eigenvalue weighted by atomic mass is 16.6. The number of esters is 1. The van der Waals surface area contributed by atoms with Crippen molar-refractivity contribution >= 4 is 17.5 Å². The first-order chi connectivity index (χ1) is 13.0. The van der Waals surface area contributed by atoms with E-state index >= 15 is 0 Å². The van der Waals surface area contributed by atoms with Gasteiger partial charge in [-0.25, -0.2) is 0 Å². The van der Waals surface area contributed by atoms with Crippen molar-refractivity contribution in [2.75, 3.05) is 0 Å². The maximum absolute atomic E-state index is 12.8. The number of rotatable bonds is 2. The summed E-state index contributed by atoms with van der Waals surface area (Å²) >= 11 is 0. The van der Waals surface area contributed by atoms with E-state index in [1.807, 2.05) is 13.0 Å². The lowest BCUT2D eigenvalue weighted by atomic mass is 9.45. The van der Waals surface area contributed by atoms with Gasteiger partial charge >= 0.3 is 5.97 Å². The third-order valence-electron chi connectivity index (χ3n) is 8.90. The molecule has 0 aromatic rings. The van der Waals surface area contributed by atoms with Crippen LogP contribution < -0.4 is 0 Å². The van der Waals surface area contributed by atoms with E-state index in [9.17, 15) is 19.5 Å². The van der Waals surface area contributed by atoms with Crippen LogP contribution in [0.3, 0.4) is 0 Å². The largest absolute Gasteiger partial charge is 0.451 e. The summed E-state index contributed by atoms with van der Waals surface area (Å²) in [5, 5.41) is 11.4. The van der Waals surface area contributed by atoms with Gasteiger partial charge in [-0.1, -0.05) is 19.4 Å². The van der Waals surface area contributed by atoms with Crippen molar-refractivity contribution in [2.45, 2.75) is 84.3 Å². The molecule has 3 fully saturated rings. The number of carbonyl (C=O) groups excluding carboxylic acids is 3. The van der Waals surface area contributed by atoms with E-state index < -0.39 is 23.1 Å². The molecule has 0 saturated heterocycles. The van der Waals surface area contributed by atoms with Gasteiger partial charge in [-0.3, -0.25) is 14.4 Å². The van der Waals surface area contributed by atoms with E-state index in [1.54, 1.807) is 0 Å². The van der Waals surface area contributed by atoms with Crippen LogP contribution in [0.25, 0.3) is 0 Å². The number of ether oxygens (including phenoxy) is 1. The molecular weight excluding hydrogens is 356 g/mol. The Morgan fingerprint density at radius 3 is 2.50 bits per heavy atom. The highest BCUT2D eigenvalue weighted by Crippen LogP contribution is 2.68. The van der Waals surface area contributed by atoms with Crippen LogP contribution in [0.1, 0.15) is 72.6 Å². The Labute approximate surface area is 166 Å². The van der Waals surface area contributed by atoms with E-state index in [0.29, 0.717) is 19.3 Å². The monoisotopic (exact) mass is 388 g/mol. The Morgan fingerprint density at radius 2 is 1.86 bits per heavy atom. The fourth-order valence-corrected chi connectivity index (χ4v) is 7.74. The molecule has 5 nitrogen and oxygen atoms in total. The molecule has 4 rings (SSSR count). The molecule has 0 aromatic carbocycles. The summed E-state index contributed by atoms with van der Waals surface area (Å²) < 4.78 is 5.75. The molecule has 0 bridgehead atoms. The van der Waals surface area contributed by atoms with E-state index in [0.717, 1.165) is 25.7 Å². The lowest BCUT2D eigenvalue weighted by Crippen LogP contribution is -2.62. The Bertz CT molecular complexity index is 769. The number of allylic oxidation sites excluding steroid dienone is 1. The third kappa shape index (κ3) is 2.44. The summed E-state index contributed by atoms with van der Waals surface area (Å²) in [6, 6.07) is 0. The summed E-state index contributed by atoms with van der Waals surface area (Å²) in [6.07, 6.45) is 6.23. The molecule has 0 radical (unpaired) electrons. The minimum atomic E-state index is -1.13. The maximum Gasteiger partial charge on any atom is 0.303 e. The molecule has 3 saturated carbocycles. The summed E-state index contributed by atoms with van der Waals surface area (Å²) in [5.74, 6) is 0.275. The summed E-state index contributed by atoms with van der Waals surface area (Å²) in [6.45, 7) is 7.14. The van der Waals surface area contributed by atoms with Crippen LogP contribution in [0.4, 0.5) is 0 Å². The van der Waals surface area contributed by atoms with Crippen molar-refractivity contribution in [3.63, 3.8) is 0 Å². The fraction of sp³-hybridized carbons (Fsp3) is 0.783. The van der Waals surface area contributed by atoms with Crippen LogP contribution in [0, 0.1) is 28.6 Å². The molecule has 5 heteroatoms. The number of aliphatic hydroxyl groups excluding tert-OH is 1. The van der Waals surface area contributed by atoms with Crippen molar-refractivity contribution in [3.05, 3.63) is 11.6 Å². The minimum absolute atomic E-state index is 0.0961. The predicted octanol–water partition coefficient (Wildman–Crippen LogP) is 3.38. The number of hydrogen-bond donors (Lipinski definition) is 1. The Kier molecular flexibility index (Phi) is 4.42. The van der Waals surface area contributed by atoms with Gasteiger partial charge in [-0.2, -0.15) is 0 Å². The standard InChI is InChI=1S/C23H32O5/c1-13(24)23(28-14(2)25)10-8-18-17-6-5-15-11-16(26)7-9-21(15,3)20(17)19(27)12-22(18,23)4/h11,17-20,27H,5-10,12H2,1-4H3/t17-,18-,19-,20+,21-,22-,23-/m0/s1. The number of hydrogen-bond acceptors (Lipinski definition) is 5. The molecule has 4 aliphatic carbocycles. The van der Waals surface area contributed by atoms with E-state index in [1.165, 1.54) is 19.4 Å². The SMILES string of the molecule is CC(=O)O[C@]1(C(C)=O)CC[C@H]2[C@@H]3CCC4=CC(=O)CC[C@]4(C)[C@H]3[C@@H](O)C[C@@]21C. The van der Waals surface area contributed by atoms with Gasteiger partial charge in [0.1, 0.15) is 0 Å². The molecular formula is C23H32O5. The van der Waals surface area contributed by atoms with E-state index in [4.69, 9.17) is 4.74 Å². The number of Topliss-reactive ketones (excluding diaryl/α,β-unsaturated/α-hetero) is 1. The molecule has 0 amide bonds. The Morgan fingerprint density at radius 1 is 1.14 bits per heavy atom. The van der Waals surface area contributed by atoms with Gasteiger partial charge in [0, 0.05) is 18.8 Å². The topological polar surface area (TPSA) is 80.7 Å². The molecule has 0 unspecified atom stereocenters. The highest BCUT2D eigenvalue weighted by molar-refractivity contribution is 5.91. The number of carbonyl (C=O) groups is 3. The molecule has 0 heterocycles. The van der Waals surface area contributed by atoms with Crippen LogP contribution in [0.15, 0.2) is 11.6 Å². The molecule has 7 atom stereocenters. The zero-order valence-electron chi connectivity index (χ0n) is 17.4. The molecule has 1 N–H and O–H groups in total. The lowest BCUT2D eigenvalue weighted by Gasteiger charge is -2.60. The zero-order valence-corrected chi connectivity index (χ0v) is 17.4. The van der Waals surface area contributed by atoms with Crippen LogP contribution in [-0.4, -0.2) is 34.3 Å². The van der Waals surface area contributed by atoms with Crippen molar-refractivity contribution in [3.8, 4) is 0 Å². The number of fused-ring (bicyclic) bond motifs is 5. The normalized spacial score (nSPS) is 47.5. The Balaban J connectivity index is 1.75. The van der Waals surface area contributed by atoms with Crippen LogP contribution in [-0.2, 0) is 19.1 Å². The second-order valence-electron chi connectivity index (χ2n) is 10.1. The summed E-state index contributed by atoms with van der Waals surface area (Å²) in [7, 11) is 0. The average Bonchev–Trinajstić information content (AvgIpc) is 2.88. The maximum atomic E-state index is 12.8. The molecule has 154 valence electrons. The van der Waals surface area contributed by atoms with Crippen LogP contribution in [0.5, 0.6) is 0 Å². The number of ketones is 2. The smallest absolute Gasteiger partial charge is 0.303 e. The third-order valence-corrected chi connectivity index (χ3v) is 8.90. The van der Waals surface area contributed by atoms with E-state index in [2.05, 4.69) is 6.92 Å². The second kappa shape index (κ2) is 6.25. The van der Waals surface area contributed by atoms with Gasteiger partial charge in [0.05, 0.1) is 6.10 Å². The predicted molar refractivity (Wildman–Crippen MR) is 103 cm³/mol. The fourth-order valence-electron chi connectivity index (χ4n) is 7.74. The van der Waals surface area contributed by atoms with Gasteiger partial charge in [0.25, 0.3) is 0 Å². The van der Waals surface area contributed by atoms with Crippen molar-refractivity contribution in [1.29, 1.82) is 0 Å².